The van der Waals surface area contributed by atoms with Gasteiger partial charge in [-0.15, -0.1) is 0 Å². The van der Waals surface area contributed by atoms with E-state index in [0.717, 1.165) is 19.4 Å². The van der Waals surface area contributed by atoms with Crippen LogP contribution in [0.1, 0.15) is 59.8 Å². The van der Waals surface area contributed by atoms with Crippen LogP contribution in [0.2, 0.25) is 0 Å². The summed E-state index contributed by atoms with van der Waals surface area (Å²) in [7, 11) is 0. The number of ketones is 1. The highest BCUT2D eigenvalue weighted by Crippen LogP contribution is 2.27. The topological polar surface area (TPSA) is 29.1 Å². The highest BCUT2D eigenvalue weighted by atomic mass is 16.1. The number of nitrogens with one attached hydrogen (secondary N) is 1. The molecule has 1 N–H and O–H groups in total. The van der Waals surface area contributed by atoms with Gasteiger partial charge in [-0.05, 0) is 38.5 Å². The van der Waals surface area contributed by atoms with E-state index in [-0.39, 0.29) is 5.41 Å². The van der Waals surface area contributed by atoms with E-state index in [2.05, 4.69) is 26.1 Å². The molecule has 0 aliphatic heterocycles. The Morgan fingerprint density at radius 2 is 2.06 bits per heavy atom. The van der Waals surface area contributed by atoms with Crippen molar-refractivity contribution in [1.29, 1.82) is 0 Å². The zero-order valence-corrected chi connectivity index (χ0v) is 11.3. The number of hydrogen-bond acceptors (Lipinski definition) is 2. The van der Waals surface area contributed by atoms with Crippen LogP contribution in [0.25, 0.3) is 0 Å². The average Bonchev–Trinajstić information content (AvgIpc) is 2.12. The first-order valence-corrected chi connectivity index (χ1v) is 6.68. The second-order valence-electron chi connectivity index (χ2n) is 6.06. The molecule has 0 aromatic carbocycles. The monoisotopic (exact) mass is 225 g/mol. The van der Waals surface area contributed by atoms with Gasteiger partial charge in [0.15, 0.2) is 0 Å². The molecule has 94 valence electrons. The van der Waals surface area contributed by atoms with Crippen molar-refractivity contribution in [1.82, 2.24) is 5.32 Å². The summed E-state index contributed by atoms with van der Waals surface area (Å²) in [5.74, 6) is 1.02. The van der Waals surface area contributed by atoms with Gasteiger partial charge in [0.2, 0.25) is 0 Å². The van der Waals surface area contributed by atoms with Gasteiger partial charge in [-0.25, -0.2) is 0 Å². The number of Topliss-reactive ketones (excluding diaryl/α,β-unsaturated/α-hetero) is 1. The molecule has 1 aliphatic rings. The molecule has 1 unspecified atom stereocenters. The fourth-order valence-electron chi connectivity index (χ4n) is 1.98. The third-order valence-corrected chi connectivity index (χ3v) is 4.01. The molecule has 0 aromatic rings. The molecule has 2 heteroatoms. The van der Waals surface area contributed by atoms with Crippen molar-refractivity contribution in [3.8, 4) is 0 Å². The van der Waals surface area contributed by atoms with Gasteiger partial charge < -0.3 is 5.32 Å². The van der Waals surface area contributed by atoms with Gasteiger partial charge in [-0.3, -0.25) is 4.79 Å². The minimum absolute atomic E-state index is 0.153. The van der Waals surface area contributed by atoms with Crippen LogP contribution in [-0.2, 0) is 4.79 Å². The van der Waals surface area contributed by atoms with E-state index in [9.17, 15) is 4.79 Å². The molecular weight excluding hydrogens is 198 g/mol. The van der Waals surface area contributed by atoms with Crippen molar-refractivity contribution in [2.45, 2.75) is 65.8 Å². The summed E-state index contributed by atoms with van der Waals surface area (Å²) < 4.78 is 0. The molecule has 0 amide bonds. The molecular formula is C14H27NO. The Morgan fingerprint density at radius 1 is 1.44 bits per heavy atom. The van der Waals surface area contributed by atoms with Gasteiger partial charge in [0.05, 0.1) is 0 Å². The first-order chi connectivity index (χ1) is 7.44. The van der Waals surface area contributed by atoms with E-state index in [1.165, 1.54) is 19.3 Å². The van der Waals surface area contributed by atoms with Gasteiger partial charge in [0.1, 0.15) is 5.78 Å². The Morgan fingerprint density at radius 3 is 2.44 bits per heavy atom. The van der Waals surface area contributed by atoms with Gasteiger partial charge in [-0.2, -0.15) is 0 Å². The zero-order chi connectivity index (χ0) is 12.2. The Kier molecular flexibility index (Phi) is 4.97. The van der Waals surface area contributed by atoms with E-state index in [1.54, 1.807) is 6.92 Å². The van der Waals surface area contributed by atoms with Gasteiger partial charge >= 0.3 is 0 Å². The van der Waals surface area contributed by atoms with E-state index in [4.69, 9.17) is 0 Å². The van der Waals surface area contributed by atoms with Gasteiger partial charge in [-0.1, -0.05) is 27.2 Å². The molecule has 0 saturated heterocycles. The fourth-order valence-corrected chi connectivity index (χ4v) is 1.98. The van der Waals surface area contributed by atoms with Crippen LogP contribution in [-0.4, -0.2) is 18.4 Å². The molecule has 1 atom stereocenters. The van der Waals surface area contributed by atoms with Crippen molar-refractivity contribution in [3.63, 3.8) is 0 Å². The lowest BCUT2D eigenvalue weighted by Crippen LogP contribution is -2.44. The van der Waals surface area contributed by atoms with Gasteiger partial charge in [0.25, 0.3) is 0 Å². The lowest BCUT2D eigenvalue weighted by Gasteiger charge is -2.33. The van der Waals surface area contributed by atoms with Crippen molar-refractivity contribution in [3.05, 3.63) is 0 Å². The SMILES string of the molecule is CC(=O)C(C)(CCC(C)C)CNC1CCC1. The predicted molar refractivity (Wildman–Crippen MR) is 68.5 cm³/mol. The van der Waals surface area contributed by atoms with Crippen molar-refractivity contribution in [2.24, 2.45) is 11.3 Å². The lowest BCUT2D eigenvalue weighted by molar-refractivity contribution is -0.126. The molecule has 1 fully saturated rings. The molecule has 16 heavy (non-hydrogen) atoms. The van der Waals surface area contributed by atoms with Crippen LogP contribution in [0, 0.1) is 11.3 Å². The van der Waals surface area contributed by atoms with Crippen LogP contribution >= 0.6 is 0 Å². The Hall–Kier alpha value is -0.370. The molecule has 2 nitrogen and oxygen atoms in total. The van der Waals surface area contributed by atoms with E-state index >= 15 is 0 Å². The van der Waals surface area contributed by atoms with Gasteiger partial charge in [0, 0.05) is 18.0 Å². The predicted octanol–water partition coefficient (Wildman–Crippen LogP) is 3.16. The Balaban J connectivity index is 2.39. The molecule has 0 aromatic heterocycles. The lowest BCUT2D eigenvalue weighted by atomic mass is 9.79. The summed E-state index contributed by atoms with van der Waals surface area (Å²) in [4.78, 5) is 11.8. The van der Waals surface area contributed by atoms with E-state index < -0.39 is 0 Å². The summed E-state index contributed by atoms with van der Waals surface area (Å²) in [6.07, 6.45) is 6.08. The third kappa shape index (κ3) is 3.89. The van der Waals surface area contributed by atoms with Crippen LogP contribution in [0.3, 0.4) is 0 Å². The zero-order valence-electron chi connectivity index (χ0n) is 11.3. The number of carbonyl (C=O) groups is 1. The summed E-state index contributed by atoms with van der Waals surface area (Å²) in [6.45, 7) is 9.16. The summed E-state index contributed by atoms with van der Waals surface area (Å²) in [6, 6.07) is 0.678. The fraction of sp³-hybridized carbons (Fsp3) is 0.929. The second-order valence-corrected chi connectivity index (χ2v) is 6.06. The quantitative estimate of drug-likeness (QED) is 0.721. The summed E-state index contributed by atoms with van der Waals surface area (Å²) in [5, 5.41) is 3.54. The molecule has 1 rings (SSSR count). The largest absolute Gasteiger partial charge is 0.313 e. The highest BCUT2D eigenvalue weighted by molar-refractivity contribution is 5.82. The van der Waals surface area contributed by atoms with Crippen molar-refractivity contribution < 1.29 is 4.79 Å². The minimum atomic E-state index is -0.153. The smallest absolute Gasteiger partial charge is 0.136 e. The molecule has 1 aliphatic carbocycles. The normalized spacial score (nSPS) is 20.6. The molecule has 0 bridgehead atoms. The minimum Gasteiger partial charge on any atom is -0.313 e. The first kappa shape index (κ1) is 13.7. The second kappa shape index (κ2) is 5.81. The number of carbonyl (C=O) groups excluding carboxylic acids is 1. The maximum Gasteiger partial charge on any atom is 0.136 e. The van der Waals surface area contributed by atoms with Crippen LogP contribution < -0.4 is 5.32 Å². The molecule has 0 radical (unpaired) electrons. The average molecular weight is 225 g/mol. The third-order valence-electron chi connectivity index (χ3n) is 4.01. The van der Waals surface area contributed by atoms with Crippen molar-refractivity contribution in [2.75, 3.05) is 6.54 Å². The van der Waals surface area contributed by atoms with Crippen LogP contribution in [0.5, 0.6) is 0 Å². The first-order valence-electron chi connectivity index (χ1n) is 6.68. The summed E-state index contributed by atoms with van der Waals surface area (Å²) in [5.41, 5.74) is -0.153. The van der Waals surface area contributed by atoms with Crippen molar-refractivity contribution >= 4 is 5.78 Å². The van der Waals surface area contributed by atoms with E-state index in [1.807, 2.05) is 0 Å². The Bertz CT molecular complexity index is 233. The molecule has 1 saturated carbocycles. The molecule has 0 heterocycles. The van der Waals surface area contributed by atoms with Crippen LogP contribution in [0.15, 0.2) is 0 Å². The maximum absolute atomic E-state index is 11.8. The van der Waals surface area contributed by atoms with E-state index in [0.29, 0.717) is 17.7 Å². The van der Waals surface area contributed by atoms with Crippen LogP contribution in [0.4, 0.5) is 0 Å². The molecule has 0 spiro atoms. The Labute approximate surface area is 100 Å². The standard InChI is InChI=1S/C14H27NO/c1-11(2)8-9-14(4,12(3)16)10-15-13-6-5-7-13/h11,13,15H,5-10H2,1-4H3. The number of rotatable bonds is 7. The summed E-state index contributed by atoms with van der Waals surface area (Å²) >= 11 is 0. The number of hydrogen-bond donors (Lipinski definition) is 1. The maximum atomic E-state index is 11.8. The highest BCUT2D eigenvalue weighted by Gasteiger charge is 2.31.